The Kier molecular flexibility index (Phi) is 5.69. The van der Waals surface area contributed by atoms with Gasteiger partial charge in [-0.25, -0.2) is 8.78 Å². The quantitative estimate of drug-likeness (QED) is 0.758. The molecule has 0 bridgehead atoms. The lowest BCUT2D eigenvalue weighted by molar-refractivity contribution is 0.494. The second-order valence-corrected chi connectivity index (χ2v) is 6.43. The molecule has 5 heteroatoms. The van der Waals surface area contributed by atoms with Crippen molar-refractivity contribution in [1.82, 2.24) is 5.32 Å². The minimum absolute atomic E-state index is 0.0139. The van der Waals surface area contributed by atoms with Gasteiger partial charge in [0, 0.05) is 21.8 Å². The van der Waals surface area contributed by atoms with Crippen molar-refractivity contribution in [2.75, 3.05) is 6.54 Å². The van der Waals surface area contributed by atoms with Crippen LogP contribution in [0.2, 0.25) is 0 Å². The highest BCUT2D eigenvalue weighted by atomic mass is 79.9. The minimum atomic E-state index is -0.805. The SMILES string of the molecule is CCCNC(Cc1sccc1Br)c1ccc(F)c(F)c1. The van der Waals surface area contributed by atoms with Gasteiger partial charge in [0.05, 0.1) is 0 Å². The van der Waals surface area contributed by atoms with E-state index in [2.05, 4.69) is 28.2 Å². The molecule has 0 aliphatic rings. The van der Waals surface area contributed by atoms with Crippen LogP contribution in [0.4, 0.5) is 8.78 Å². The van der Waals surface area contributed by atoms with Gasteiger partial charge in [0.15, 0.2) is 11.6 Å². The van der Waals surface area contributed by atoms with E-state index in [9.17, 15) is 8.78 Å². The van der Waals surface area contributed by atoms with E-state index in [1.165, 1.54) is 17.0 Å². The van der Waals surface area contributed by atoms with Gasteiger partial charge < -0.3 is 5.32 Å². The molecule has 0 radical (unpaired) electrons. The molecule has 0 fully saturated rings. The Bertz CT molecular complexity index is 571. The molecular weight excluding hydrogens is 344 g/mol. The number of halogens is 3. The smallest absolute Gasteiger partial charge is 0.159 e. The standard InChI is InChI=1S/C15H16BrF2NS/c1-2-6-19-14(9-15-11(16)5-7-20-15)10-3-4-12(17)13(18)8-10/h3-5,7-8,14,19H,2,6,9H2,1H3. The van der Waals surface area contributed by atoms with Gasteiger partial charge in [0.25, 0.3) is 0 Å². The number of nitrogens with one attached hydrogen (secondary N) is 1. The van der Waals surface area contributed by atoms with Gasteiger partial charge in [0.1, 0.15) is 0 Å². The van der Waals surface area contributed by atoms with Gasteiger partial charge in [-0.2, -0.15) is 0 Å². The van der Waals surface area contributed by atoms with Crippen molar-refractivity contribution in [3.05, 3.63) is 56.2 Å². The minimum Gasteiger partial charge on any atom is -0.310 e. The molecule has 1 aromatic carbocycles. The fourth-order valence-electron chi connectivity index (χ4n) is 2.01. The summed E-state index contributed by atoms with van der Waals surface area (Å²) < 4.78 is 27.5. The van der Waals surface area contributed by atoms with Gasteiger partial charge in [0.2, 0.25) is 0 Å². The van der Waals surface area contributed by atoms with Crippen molar-refractivity contribution in [2.45, 2.75) is 25.8 Å². The third-order valence-corrected chi connectivity index (χ3v) is 5.02. The van der Waals surface area contributed by atoms with Crippen LogP contribution in [-0.2, 0) is 6.42 Å². The Balaban J connectivity index is 2.22. The predicted molar refractivity (Wildman–Crippen MR) is 83.1 cm³/mol. The van der Waals surface area contributed by atoms with Crippen LogP contribution >= 0.6 is 27.3 Å². The van der Waals surface area contributed by atoms with Crippen molar-refractivity contribution in [2.24, 2.45) is 0 Å². The molecule has 20 heavy (non-hydrogen) atoms. The molecule has 1 heterocycles. The Morgan fingerprint density at radius 1 is 1.25 bits per heavy atom. The highest BCUT2D eigenvalue weighted by molar-refractivity contribution is 9.10. The summed E-state index contributed by atoms with van der Waals surface area (Å²) in [7, 11) is 0. The van der Waals surface area contributed by atoms with Crippen LogP contribution in [0.3, 0.4) is 0 Å². The average molecular weight is 360 g/mol. The Morgan fingerprint density at radius 2 is 2.05 bits per heavy atom. The Hall–Kier alpha value is -0.780. The van der Waals surface area contributed by atoms with Gasteiger partial charge in [-0.05, 0) is 58.0 Å². The number of hydrogen-bond donors (Lipinski definition) is 1. The lowest BCUT2D eigenvalue weighted by atomic mass is 10.0. The summed E-state index contributed by atoms with van der Waals surface area (Å²) in [5.74, 6) is -1.60. The fraction of sp³-hybridized carbons (Fsp3) is 0.333. The van der Waals surface area contributed by atoms with Crippen molar-refractivity contribution < 1.29 is 8.78 Å². The molecule has 0 aliphatic heterocycles. The largest absolute Gasteiger partial charge is 0.310 e. The van der Waals surface area contributed by atoms with Crippen LogP contribution in [-0.4, -0.2) is 6.54 Å². The third kappa shape index (κ3) is 3.87. The van der Waals surface area contributed by atoms with E-state index in [4.69, 9.17) is 0 Å². The molecule has 0 saturated carbocycles. The number of rotatable bonds is 6. The van der Waals surface area contributed by atoms with E-state index < -0.39 is 11.6 Å². The van der Waals surface area contributed by atoms with Crippen molar-refractivity contribution in [3.8, 4) is 0 Å². The van der Waals surface area contributed by atoms with Gasteiger partial charge >= 0.3 is 0 Å². The highest BCUT2D eigenvalue weighted by Gasteiger charge is 2.16. The fourth-order valence-corrected chi connectivity index (χ4v) is 3.57. The monoisotopic (exact) mass is 359 g/mol. The zero-order valence-corrected chi connectivity index (χ0v) is 13.5. The van der Waals surface area contributed by atoms with Crippen LogP contribution in [0.25, 0.3) is 0 Å². The maximum Gasteiger partial charge on any atom is 0.159 e. The van der Waals surface area contributed by atoms with E-state index in [-0.39, 0.29) is 6.04 Å². The molecule has 0 saturated heterocycles. The summed E-state index contributed by atoms with van der Waals surface area (Å²) in [6.45, 7) is 2.92. The molecular formula is C15H16BrF2NS. The number of benzene rings is 1. The van der Waals surface area contributed by atoms with E-state index in [0.29, 0.717) is 0 Å². The molecule has 0 aliphatic carbocycles. The summed E-state index contributed by atoms with van der Waals surface area (Å²) in [5.41, 5.74) is 0.776. The molecule has 1 unspecified atom stereocenters. The molecule has 2 rings (SSSR count). The molecule has 0 spiro atoms. The number of thiophene rings is 1. The summed E-state index contributed by atoms with van der Waals surface area (Å²) in [4.78, 5) is 1.20. The molecule has 1 N–H and O–H groups in total. The third-order valence-electron chi connectivity index (χ3n) is 3.07. The first-order valence-electron chi connectivity index (χ1n) is 6.52. The van der Waals surface area contributed by atoms with Crippen molar-refractivity contribution in [1.29, 1.82) is 0 Å². The molecule has 1 nitrogen and oxygen atoms in total. The lowest BCUT2D eigenvalue weighted by Gasteiger charge is -2.19. The maximum atomic E-state index is 13.4. The zero-order valence-electron chi connectivity index (χ0n) is 11.1. The predicted octanol–water partition coefficient (Wildman–Crippen LogP) is 5.07. The normalized spacial score (nSPS) is 12.6. The highest BCUT2D eigenvalue weighted by Crippen LogP contribution is 2.28. The van der Waals surface area contributed by atoms with Gasteiger partial charge in [-0.15, -0.1) is 11.3 Å². The van der Waals surface area contributed by atoms with Crippen LogP contribution in [0.1, 0.15) is 29.8 Å². The maximum absolute atomic E-state index is 13.4. The molecule has 2 aromatic rings. The summed E-state index contributed by atoms with van der Waals surface area (Å²) >= 11 is 5.17. The first-order valence-corrected chi connectivity index (χ1v) is 8.19. The second-order valence-electron chi connectivity index (χ2n) is 4.58. The topological polar surface area (TPSA) is 12.0 Å². The van der Waals surface area contributed by atoms with Crippen LogP contribution < -0.4 is 5.32 Å². The Labute approximate surface area is 130 Å². The van der Waals surface area contributed by atoms with Crippen LogP contribution in [0.5, 0.6) is 0 Å². The average Bonchev–Trinajstić information content (AvgIpc) is 2.83. The van der Waals surface area contributed by atoms with E-state index >= 15 is 0 Å². The Morgan fingerprint density at radius 3 is 2.65 bits per heavy atom. The lowest BCUT2D eigenvalue weighted by Crippen LogP contribution is -2.24. The van der Waals surface area contributed by atoms with Crippen LogP contribution in [0, 0.1) is 11.6 Å². The number of hydrogen-bond acceptors (Lipinski definition) is 2. The van der Waals surface area contributed by atoms with E-state index in [0.717, 1.165) is 29.4 Å². The molecule has 1 aromatic heterocycles. The van der Waals surface area contributed by atoms with Crippen LogP contribution in [0.15, 0.2) is 34.1 Å². The van der Waals surface area contributed by atoms with Crippen molar-refractivity contribution in [3.63, 3.8) is 0 Å². The summed E-state index contributed by atoms with van der Waals surface area (Å²) in [5, 5.41) is 5.41. The van der Waals surface area contributed by atoms with E-state index in [1.807, 2.05) is 11.4 Å². The van der Waals surface area contributed by atoms with Gasteiger partial charge in [-0.1, -0.05) is 13.0 Å². The summed E-state index contributed by atoms with van der Waals surface area (Å²) in [6, 6.07) is 6.11. The second kappa shape index (κ2) is 7.29. The van der Waals surface area contributed by atoms with Crippen molar-refractivity contribution >= 4 is 27.3 Å². The zero-order chi connectivity index (χ0) is 14.5. The van der Waals surface area contributed by atoms with E-state index in [1.54, 1.807) is 17.4 Å². The first kappa shape index (κ1) is 15.6. The molecule has 0 amide bonds. The molecule has 108 valence electrons. The van der Waals surface area contributed by atoms with Gasteiger partial charge in [-0.3, -0.25) is 0 Å². The molecule has 1 atom stereocenters. The first-order chi connectivity index (χ1) is 9.61. The summed E-state index contributed by atoms with van der Waals surface area (Å²) in [6.07, 6.45) is 1.75.